The zero-order chi connectivity index (χ0) is 33.2. The molecule has 5 rings (SSSR count). The predicted octanol–water partition coefficient (Wildman–Crippen LogP) is 5.29. The van der Waals surface area contributed by atoms with E-state index in [0.717, 1.165) is 22.3 Å². The summed E-state index contributed by atoms with van der Waals surface area (Å²) in [4.78, 5) is 13.8. The zero-order valence-corrected chi connectivity index (χ0v) is 27.8. The van der Waals surface area contributed by atoms with Crippen molar-refractivity contribution in [2.24, 2.45) is 0 Å². The van der Waals surface area contributed by atoms with Gasteiger partial charge in [-0.3, -0.25) is 4.79 Å². The Labute approximate surface area is 280 Å². The molecule has 1 amide bonds. The van der Waals surface area contributed by atoms with Crippen molar-refractivity contribution in [3.05, 3.63) is 131 Å². The number of thioether (sulfide) groups is 1. The Morgan fingerprint density at radius 2 is 1.64 bits per heavy atom. The number of carbonyl (C=O) groups excluding carboxylic acids is 1. The number of aliphatic hydroxyl groups excluding tert-OH is 2. The first-order valence-electron chi connectivity index (χ1n) is 15.5. The maximum atomic E-state index is 13.7. The number of rotatable bonds is 14. The lowest BCUT2D eigenvalue weighted by molar-refractivity contribution is -0.245. The van der Waals surface area contributed by atoms with Crippen LogP contribution in [0.2, 0.25) is 0 Å². The van der Waals surface area contributed by atoms with Crippen molar-refractivity contribution in [3.63, 3.8) is 0 Å². The van der Waals surface area contributed by atoms with E-state index in [2.05, 4.69) is 10.0 Å². The minimum Gasteiger partial charge on any atom is -0.396 e. The number of aliphatic hydroxyl groups is 2. The van der Waals surface area contributed by atoms with Crippen LogP contribution in [0.15, 0.2) is 108 Å². The number of hydrogen-bond donors (Lipinski definition) is 4. The Bertz CT molecular complexity index is 1700. The number of anilines is 1. The second kappa shape index (κ2) is 16.5. The van der Waals surface area contributed by atoms with Crippen molar-refractivity contribution in [1.82, 2.24) is 4.72 Å². The molecule has 0 aliphatic carbocycles. The smallest absolute Gasteiger partial charge is 0.242 e. The van der Waals surface area contributed by atoms with Gasteiger partial charge in [0.05, 0.1) is 30.3 Å². The van der Waals surface area contributed by atoms with Crippen LogP contribution in [0.3, 0.4) is 0 Å². The van der Waals surface area contributed by atoms with Crippen LogP contribution in [-0.2, 0) is 37.3 Å². The molecule has 1 fully saturated rings. The average molecular weight is 677 g/mol. The molecule has 4 atom stereocenters. The van der Waals surface area contributed by atoms with Crippen molar-refractivity contribution < 1.29 is 32.9 Å². The van der Waals surface area contributed by atoms with Crippen LogP contribution in [0.5, 0.6) is 0 Å². The summed E-state index contributed by atoms with van der Waals surface area (Å²) in [5, 5.41) is 21.6. The molecule has 9 nitrogen and oxygen atoms in total. The second-order valence-electron chi connectivity index (χ2n) is 11.4. The SMILES string of the molecule is Cc1ccc(S(=O)(=O)NC(Cc2ccccc2)C(=O)Nc2cccc(C3OC(CSCCO)CC(c4ccc(CO)cc4)O3)c2)cc1. The summed E-state index contributed by atoms with van der Waals surface area (Å²) < 4.78 is 42.0. The topological polar surface area (TPSA) is 134 Å². The maximum Gasteiger partial charge on any atom is 0.242 e. The molecule has 47 heavy (non-hydrogen) atoms. The van der Waals surface area contributed by atoms with Gasteiger partial charge >= 0.3 is 0 Å². The number of sulfonamides is 1. The molecule has 11 heteroatoms. The molecule has 4 aromatic carbocycles. The van der Waals surface area contributed by atoms with Crippen LogP contribution >= 0.6 is 11.8 Å². The van der Waals surface area contributed by atoms with E-state index in [-0.39, 0.29) is 36.7 Å². The third-order valence-corrected chi connectivity index (χ3v) is 10.4. The fraction of sp³-hybridized carbons (Fsp3) is 0.306. The van der Waals surface area contributed by atoms with Gasteiger partial charge in [-0.25, -0.2) is 8.42 Å². The van der Waals surface area contributed by atoms with E-state index in [1.807, 2.05) is 67.6 Å². The first-order chi connectivity index (χ1) is 22.7. The first-order valence-corrected chi connectivity index (χ1v) is 18.1. The van der Waals surface area contributed by atoms with Gasteiger partial charge in [-0.15, -0.1) is 0 Å². The molecule has 1 aliphatic heterocycles. The minimum absolute atomic E-state index is 0.0456. The summed E-state index contributed by atoms with van der Waals surface area (Å²) >= 11 is 1.60. The lowest BCUT2D eigenvalue weighted by Gasteiger charge is -2.36. The van der Waals surface area contributed by atoms with Crippen molar-refractivity contribution in [3.8, 4) is 0 Å². The lowest BCUT2D eigenvalue weighted by Crippen LogP contribution is -2.45. The molecule has 4 aromatic rings. The highest BCUT2D eigenvalue weighted by molar-refractivity contribution is 7.99. The molecule has 248 valence electrons. The number of ether oxygens (including phenoxy) is 2. The van der Waals surface area contributed by atoms with E-state index in [9.17, 15) is 23.4 Å². The Balaban J connectivity index is 1.35. The third kappa shape index (κ3) is 9.74. The predicted molar refractivity (Wildman–Crippen MR) is 183 cm³/mol. The van der Waals surface area contributed by atoms with Gasteiger partial charge < -0.3 is 25.0 Å². The largest absolute Gasteiger partial charge is 0.396 e. The summed E-state index contributed by atoms with van der Waals surface area (Å²) in [7, 11) is -3.99. The Morgan fingerprint density at radius 3 is 2.34 bits per heavy atom. The fourth-order valence-electron chi connectivity index (χ4n) is 5.30. The highest BCUT2D eigenvalue weighted by atomic mass is 32.2. The highest BCUT2D eigenvalue weighted by Gasteiger charge is 2.33. The van der Waals surface area contributed by atoms with Gasteiger partial charge in [0, 0.05) is 29.2 Å². The van der Waals surface area contributed by atoms with Crippen LogP contribution in [0, 0.1) is 6.92 Å². The molecule has 0 spiro atoms. The number of hydrogen-bond acceptors (Lipinski definition) is 8. The van der Waals surface area contributed by atoms with Gasteiger partial charge in [-0.2, -0.15) is 16.5 Å². The van der Waals surface area contributed by atoms with Gasteiger partial charge in [-0.1, -0.05) is 84.4 Å². The highest BCUT2D eigenvalue weighted by Crippen LogP contribution is 2.39. The molecule has 0 bridgehead atoms. The summed E-state index contributed by atoms with van der Waals surface area (Å²) in [6.45, 7) is 1.91. The molecular weight excluding hydrogens is 637 g/mol. The zero-order valence-electron chi connectivity index (χ0n) is 26.1. The maximum absolute atomic E-state index is 13.7. The average Bonchev–Trinajstić information content (AvgIpc) is 3.09. The lowest BCUT2D eigenvalue weighted by atomic mass is 10.0. The quantitative estimate of drug-likeness (QED) is 0.133. The summed E-state index contributed by atoms with van der Waals surface area (Å²) in [6, 6.07) is 29.4. The van der Waals surface area contributed by atoms with Crippen molar-refractivity contribution in [1.29, 1.82) is 0 Å². The summed E-state index contributed by atoms with van der Waals surface area (Å²) in [6.07, 6.45) is -0.395. The Morgan fingerprint density at radius 1 is 0.894 bits per heavy atom. The monoisotopic (exact) mass is 676 g/mol. The third-order valence-electron chi connectivity index (χ3n) is 7.81. The number of amides is 1. The molecule has 0 aromatic heterocycles. The number of carbonyl (C=O) groups is 1. The van der Waals surface area contributed by atoms with Gasteiger partial charge in [0.2, 0.25) is 15.9 Å². The summed E-state index contributed by atoms with van der Waals surface area (Å²) in [5.41, 5.74) is 4.66. The van der Waals surface area contributed by atoms with Crippen LogP contribution in [0.1, 0.15) is 46.6 Å². The van der Waals surface area contributed by atoms with E-state index in [0.29, 0.717) is 29.2 Å². The van der Waals surface area contributed by atoms with Gasteiger partial charge in [0.25, 0.3) is 0 Å². The van der Waals surface area contributed by atoms with Crippen LogP contribution in [0.25, 0.3) is 0 Å². The molecule has 4 unspecified atom stereocenters. The number of nitrogens with one attached hydrogen (secondary N) is 2. The minimum atomic E-state index is -3.99. The van der Waals surface area contributed by atoms with E-state index < -0.39 is 28.3 Å². The van der Waals surface area contributed by atoms with Gasteiger partial charge in [0.15, 0.2) is 6.29 Å². The first kappa shape index (κ1) is 34.8. The van der Waals surface area contributed by atoms with Crippen molar-refractivity contribution in [2.45, 2.75) is 55.8 Å². The Hall–Kier alpha value is -3.55. The van der Waals surface area contributed by atoms with Crippen molar-refractivity contribution in [2.75, 3.05) is 23.4 Å². The van der Waals surface area contributed by atoms with E-state index >= 15 is 0 Å². The van der Waals surface area contributed by atoms with E-state index in [4.69, 9.17) is 9.47 Å². The standard InChI is InChI=1S/C36H40N2O7S2/c1-25-10-16-32(17-11-25)47(42,43)38-33(20-26-6-3-2-4-7-26)35(41)37-30-9-5-8-29(21-30)36-44-31(24-46-19-18-39)22-34(45-36)28-14-12-27(23-40)13-15-28/h2-17,21,31,33-34,36,38-40H,18-20,22-24H2,1H3,(H,37,41). The number of aryl methyl sites for hydroxylation is 1. The molecule has 1 heterocycles. The normalized spacial score (nSPS) is 18.8. The molecule has 4 N–H and O–H groups in total. The summed E-state index contributed by atoms with van der Waals surface area (Å²) in [5.74, 6) is 0.762. The van der Waals surface area contributed by atoms with Gasteiger partial charge in [-0.05, 0) is 54.3 Å². The second-order valence-corrected chi connectivity index (χ2v) is 14.3. The molecule has 1 saturated heterocycles. The Kier molecular flexibility index (Phi) is 12.2. The van der Waals surface area contributed by atoms with Gasteiger partial charge in [0.1, 0.15) is 6.04 Å². The van der Waals surface area contributed by atoms with E-state index in [1.165, 1.54) is 12.1 Å². The van der Waals surface area contributed by atoms with Crippen LogP contribution in [0.4, 0.5) is 5.69 Å². The fourth-order valence-corrected chi connectivity index (χ4v) is 7.27. The molecule has 1 aliphatic rings. The molecule has 0 radical (unpaired) electrons. The molecule has 0 saturated carbocycles. The van der Waals surface area contributed by atoms with Crippen LogP contribution < -0.4 is 10.0 Å². The van der Waals surface area contributed by atoms with E-state index in [1.54, 1.807) is 42.1 Å². The van der Waals surface area contributed by atoms with Crippen LogP contribution in [-0.4, -0.2) is 54.8 Å². The molecular formula is C36H40N2O7S2. The number of benzene rings is 4. The van der Waals surface area contributed by atoms with Crippen molar-refractivity contribution >= 4 is 33.4 Å².